The minimum absolute atomic E-state index is 0.225. The van der Waals surface area contributed by atoms with Crippen molar-refractivity contribution in [3.05, 3.63) is 24.0 Å². The van der Waals surface area contributed by atoms with Gasteiger partial charge in [-0.2, -0.15) is 0 Å². The highest BCUT2D eigenvalue weighted by Gasteiger charge is 2.19. The van der Waals surface area contributed by atoms with Gasteiger partial charge in [-0.05, 0) is 41.5 Å². The van der Waals surface area contributed by atoms with E-state index in [1.807, 2.05) is 0 Å². The van der Waals surface area contributed by atoms with E-state index in [2.05, 4.69) is 29.4 Å². The van der Waals surface area contributed by atoms with Crippen LogP contribution in [0.1, 0.15) is 52.0 Å². The van der Waals surface area contributed by atoms with Crippen LogP contribution in [0.5, 0.6) is 0 Å². The number of nitrogens with zero attached hydrogens (tertiary/aromatic N) is 4. The lowest BCUT2D eigenvalue weighted by Gasteiger charge is -2.18. The molecule has 5 nitrogen and oxygen atoms in total. The molecule has 0 amide bonds. The van der Waals surface area contributed by atoms with E-state index in [9.17, 15) is 4.39 Å². The molecule has 2 N–H and O–H groups in total. The standard InChI is InChI=1S/C15H22FN5/c1-3-5-7-12(6-4-2)21-15(18-19-20-21)13-10-11(16)8-9-14(13)17/h8-10,12H,3-7,17H2,1-2H3. The van der Waals surface area contributed by atoms with E-state index in [1.165, 1.54) is 12.1 Å². The van der Waals surface area contributed by atoms with Crippen LogP contribution in [-0.4, -0.2) is 20.2 Å². The minimum Gasteiger partial charge on any atom is -0.398 e. The number of nitrogen functional groups attached to an aromatic ring is 1. The van der Waals surface area contributed by atoms with E-state index in [1.54, 1.807) is 10.7 Å². The van der Waals surface area contributed by atoms with Gasteiger partial charge in [-0.1, -0.05) is 33.1 Å². The van der Waals surface area contributed by atoms with Crippen molar-refractivity contribution in [3.63, 3.8) is 0 Å². The first-order chi connectivity index (χ1) is 10.2. The molecule has 0 saturated heterocycles. The third-order valence-corrected chi connectivity index (χ3v) is 3.61. The number of anilines is 1. The van der Waals surface area contributed by atoms with Gasteiger partial charge in [-0.15, -0.1) is 5.10 Å². The number of nitrogens with two attached hydrogens (primary N) is 1. The molecule has 0 saturated carbocycles. The Morgan fingerprint density at radius 1 is 1.24 bits per heavy atom. The number of hydrogen-bond donors (Lipinski definition) is 1. The fraction of sp³-hybridized carbons (Fsp3) is 0.533. The molecule has 1 atom stereocenters. The molecule has 0 aliphatic carbocycles. The van der Waals surface area contributed by atoms with Crippen molar-refractivity contribution < 1.29 is 4.39 Å². The third kappa shape index (κ3) is 3.56. The van der Waals surface area contributed by atoms with Crippen molar-refractivity contribution in [2.24, 2.45) is 0 Å². The zero-order valence-corrected chi connectivity index (χ0v) is 12.6. The predicted molar refractivity (Wildman–Crippen MR) is 81.1 cm³/mol. The Bertz CT molecular complexity index is 581. The van der Waals surface area contributed by atoms with E-state index in [0.717, 1.165) is 32.1 Å². The molecule has 0 bridgehead atoms. The smallest absolute Gasteiger partial charge is 0.184 e. The Morgan fingerprint density at radius 2 is 2.05 bits per heavy atom. The molecule has 0 fully saturated rings. The molecule has 6 heteroatoms. The molecule has 1 heterocycles. The van der Waals surface area contributed by atoms with E-state index < -0.39 is 0 Å². The second-order valence-corrected chi connectivity index (χ2v) is 5.26. The number of tetrazole rings is 1. The Morgan fingerprint density at radius 3 is 2.76 bits per heavy atom. The molecule has 0 aliphatic rings. The molecular formula is C15H22FN5. The normalized spacial score (nSPS) is 12.5. The highest BCUT2D eigenvalue weighted by atomic mass is 19.1. The van der Waals surface area contributed by atoms with Gasteiger partial charge in [0.1, 0.15) is 5.82 Å². The van der Waals surface area contributed by atoms with Gasteiger partial charge in [0.15, 0.2) is 5.82 Å². The van der Waals surface area contributed by atoms with Crippen LogP contribution < -0.4 is 5.73 Å². The summed E-state index contributed by atoms with van der Waals surface area (Å²) < 4.78 is 15.3. The van der Waals surface area contributed by atoms with Crippen molar-refractivity contribution in [2.45, 2.75) is 52.0 Å². The fourth-order valence-corrected chi connectivity index (χ4v) is 2.50. The van der Waals surface area contributed by atoms with Gasteiger partial charge in [0.05, 0.1) is 6.04 Å². The van der Waals surface area contributed by atoms with Crippen LogP contribution in [0.25, 0.3) is 11.4 Å². The molecule has 1 aromatic carbocycles. The Balaban J connectivity index is 2.38. The summed E-state index contributed by atoms with van der Waals surface area (Å²) in [7, 11) is 0. The highest BCUT2D eigenvalue weighted by Crippen LogP contribution is 2.29. The van der Waals surface area contributed by atoms with Gasteiger partial charge in [0.2, 0.25) is 0 Å². The summed E-state index contributed by atoms with van der Waals surface area (Å²) in [5, 5.41) is 11.9. The summed E-state index contributed by atoms with van der Waals surface area (Å²) in [5.74, 6) is 0.205. The van der Waals surface area contributed by atoms with Gasteiger partial charge in [-0.3, -0.25) is 0 Å². The van der Waals surface area contributed by atoms with Crippen LogP contribution in [0, 0.1) is 5.82 Å². The van der Waals surface area contributed by atoms with Crippen LogP contribution in [0.3, 0.4) is 0 Å². The molecule has 0 radical (unpaired) electrons. The Kier molecular flexibility index (Phi) is 5.25. The Hall–Kier alpha value is -1.98. The monoisotopic (exact) mass is 291 g/mol. The largest absolute Gasteiger partial charge is 0.398 e. The second-order valence-electron chi connectivity index (χ2n) is 5.26. The summed E-state index contributed by atoms with van der Waals surface area (Å²) in [6.45, 7) is 4.30. The molecule has 2 rings (SSSR count). The van der Waals surface area contributed by atoms with Crippen molar-refractivity contribution in [2.75, 3.05) is 5.73 Å². The number of hydrogen-bond acceptors (Lipinski definition) is 4. The van der Waals surface area contributed by atoms with Gasteiger partial charge in [-0.25, -0.2) is 9.07 Å². The van der Waals surface area contributed by atoms with Crippen LogP contribution in [0.2, 0.25) is 0 Å². The SMILES string of the molecule is CCCCC(CCC)n1nnnc1-c1cc(F)ccc1N. The van der Waals surface area contributed by atoms with Crippen molar-refractivity contribution in [3.8, 4) is 11.4 Å². The number of halogens is 1. The number of rotatable bonds is 7. The number of unbranched alkanes of at least 4 members (excludes halogenated alkanes) is 1. The molecular weight excluding hydrogens is 269 g/mol. The average molecular weight is 291 g/mol. The average Bonchev–Trinajstić information content (AvgIpc) is 2.95. The van der Waals surface area contributed by atoms with Crippen LogP contribution in [0.15, 0.2) is 18.2 Å². The maximum absolute atomic E-state index is 13.5. The van der Waals surface area contributed by atoms with Crippen molar-refractivity contribution in [1.82, 2.24) is 20.2 Å². The molecule has 2 aromatic rings. The first-order valence-electron chi connectivity index (χ1n) is 7.50. The zero-order valence-electron chi connectivity index (χ0n) is 12.6. The lowest BCUT2D eigenvalue weighted by atomic mass is 10.0. The molecule has 1 unspecified atom stereocenters. The summed E-state index contributed by atoms with van der Waals surface area (Å²) in [6, 6.07) is 4.50. The summed E-state index contributed by atoms with van der Waals surface area (Å²) in [4.78, 5) is 0. The third-order valence-electron chi connectivity index (χ3n) is 3.61. The zero-order chi connectivity index (χ0) is 15.2. The van der Waals surface area contributed by atoms with Crippen molar-refractivity contribution in [1.29, 1.82) is 0 Å². The van der Waals surface area contributed by atoms with Crippen LogP contribution >= 0.6 is 0 Å². The highest BCUT2D eigenvalue weighted by molar-refractivity contribution is 5.71. The Labute approximate surface area is 124 Å². The lowest BCUT2D eigenvalue weighted by molar-refractivity contribution is 0.380. The fourth-order valence-electron chi connectivity index (χ4n) is 2.50. The van der Waals surface area contributed by atoms with E-state index in [0.29, 0.717) is 17.1 Å². The van der Waals surface area contributed by atoms with Crippen LogP contribution in [0.4, 0.5) is 10.1 Å². The molecule has 1 aromatic heterocycles. The summed E-state index contributed by atoms with van der Waals surface area (Å²) in [6.07, 6.45) is 5.29. The quantitative estimate of drug-likeness (QED) is 0.791. The van der Waals surface area contributed by atoms with Gasteiger partial charge in [0, 0.05) is 11.3 Å². The topological polar surface area (TPSA) is 69.6 Å². The molecule has 114 valence electrons. The first-order valence-corrected chi connectivity index (χ1v) is 7.50. The number of aromatic nitrogens is 4. The number of benzene rings is 1. The van der Waals surface area contributed by atoms with E-state index in [4.69, 9.17) is 5.73 Å². The molecule has 0 spiro atoms. The molecule has 21 heavy (non-hydrogen) atoms. The maximum Gasteiger partial charge on any atom is 0.184 e. The van der Waals surface area contributed by atoms with Gasteiger partial charge >= 0.3 is 0 Å². The summed E-state index contributed by atoms with van der Waals surface area (Å²) >= 11 is 0. The second kappa shape index (κ2) is 7.15. The van der Waals surface area contributed by atoms with Crippen LogP contribution in [-0.2, 0) is 0 Å². The lowest BCUT2D eigenvalue weighted by Crippen LogP contribution is -2.13. The minimum atomic E-state index is -0.339. The van der Waals surface area contributed by atoms with E-state index in [-0.39, 0.29) is 11.9 Å². The van der Waals surface area contributed by atoms with E-state index >= 15 is 0 Å². The maximum atomic E-state index is 13.5. The van der Waals surface area contributed by atoms with Gasteiger partial charge in [0.25, 0.3) is 0 Å². The predicted octanol–water partition coefficient (Wildman–Crippen LogP) is 3.59. The van der Waals surface area contributed by atoms with Gasteiger partial charge < -0.3 is 5.73 Å². The molecule has 0 aliphatic heterocycles. The van der Waals surface area contributed by atoms with Crippen molar-refractivity contribution >= 4 is 5.69 Å². The first kappa shape index (κ1) is 15.4. The summed E-state index contributed by atoms with van der Waals surface area (Å²) in [5.41, 5.74) is 6.99.